The first-order valence-electron chi connectivity index (χ1n) is 10.7. The van der Waals surface area contributed by atoms with Crippen molar-refractivity contribution >= 4 is 17.5 Å². The van der Waals surface area contributed by atoms with Crippen LogP contribution in [-0.4, -0.2) is 80.1 Å². The van der Waals surface area contributed by atoms with E-state index in [0.29, 0.717) is 57.3 Å². The molecule has 32 heavy (non-hydrogen) atoms. The Balaban J connectivity index is 1.12. The summed E-state index contributed by atoms with van der Waals surface area (Å²) in [5.41, 5.74) is 0.572. The van der Waals surface area contributed by atoms with Gasteiger partial charge >= 0.3 is 0 Å². The summed E-state index contributed by atoms with van der Waals surface area (Å²) in [5.74, 6) is 0.874. The highest BCUT2D eigenvalue weighted by atomic mass is 19.1. The van der Waals surface area contributed by atoms with Crippen molar-refractivity contribution in [1.82, 2.24) is 15.1 Å². The second-order valence-corrected chi connectivity index (χ2v) is 7.91. The molecule has 170 valence electrons. The van der Waals surface area contributed by atoms with Gasteiger partial charge in [0.25, 0.3) is 0 Å². The fraction of sp³-hybridized carbons (Fsp3) is 0.391. The van der Waals surface area contributed by atoms with E-state index in [-0.39, 0.29) is 30.3 Å². The van der Waals surface area contributed by atoms with Crippen molar-refractivity contribution in [3.05, 3.63) is 54.3 Å². The molecule has 2 aromatic carbocycles. The van der Waals surface area contributed by atoms with Gasteiger partial charge in [-0.15, -0.1) is 0 Å². The molecule has 1 fully saturated rings. The minimum absolute atomic E-state index is 0.0602. The number of piperazine rings is 1. The summed E-state index contributed by atoms with van der Waals surface area (Å²) in [6.45, 7) is 4.15. The number of carbonyl (C=O) groups is 2. The molecule has 9 heteroatoms. The van der Waals surface area contributed by atoms with Gasteiger partial charge in [0.1, 0.15) is 18.5 Å². The molecule has 0 saturated carbocycles. The molecule has 2 amide bonds. The lowest BCUT2D eigenvalue weighted by Crippen LogP contribution is -2.51. The lowest BCUT2D eigenvalue weighted by molar-refractivity contribution is -0.124. The van der Waals surface area contributed by atoms with Crippen LogP contribution in [0.1, 0.15) is 0 Å². The quantitative estimate of drug-likeness (QED) is 0.674. The fourth-order valence-corrected chi connectivity index (χ4v) is 3.69. The van der Waals surface area contributed by atoms with Crippen molar-refractivity contribution in [2.24, 2.45) is 0 Å². The standard InChI is InChI=1S/C23H27FN4O4/c24-17-5-7-18(8-6-17)26-23(30)15-28-11-9-27(10-12-28)14-22(29)25-13-19-16-31-20-3-1-2-4-21(20)32-19/h1-8,19H,9-16H2,(H,25,29)(H,26,30)/t19-/m0/s1. The number of halogens is 1. The topological polar surface area (TPSA) is 83.1 Å². The lowest BCUT2D eigenvalue weighted by atomic mass is 10.2. The van der Waals surface area contributed by atoms with Crippen molar-refractivity contribution in [1.29, 1.82) is 0 Å². The number of hydrogen-bond acceptors (Lipinski definition) is 6. The average molecular weight is 442 g/mol. The van der Waals surface area contributed by atoms with E-state index in [9.17, 15) is 14.0 Å². The third-order valence-corrected chi connectivity index (χ3v) is 5.42. The first-order chi connectivity index (χ1) is 15.5. The van der Waals surface area contributed by atoms with E-state index in [1.807, 2.05) is 29.2 Å². The maximum absolute atomic E-state index is 13.0. The Hall–Kier alpha value is -3.17. The van der Waals surface area contributed by atoms with Gasteiger partial charge in [-0.2, -0.15) is 0 Å². The van der Waals surface area contributed by atoms with Crippen molar-refractivity contribution < 1.29 is 23.5 Å². The largest absolute Gasteiger partial charge is 0.486 e. The van der Waals surface area contributed by atoms with Gasteiger partial charge in [0.2, 0.25) is 11.8 Å². The average Bonchev–Trinajstić information content (AvgIpc) is 2.80. The van der Waals surface area contributed by atoms with Crippen molar-refractivity contribution in [2.75, 3.05) is 57.7 Å². The van der Waals surface area contributed by atoms with E-state index in [1.165, 1.54) is 24.3 Å². The Labute approximate surface area is 186 Å². The summed E-state index contributed by atoms with van der Waals surface area (Å²) in [7, 11) is 0. The molecule has 0 aliphatic carbocycles. The minimum atomic E-state index is -0.340. The number of amides is 2. The van der Waals surface area contributed by atoms with E-state index in [4.69, 9.17) is 9.47 Å². The normalized spacial score (nSPS) is 18.7. The smallest absolute Gasteiger partial charge is 0.238 e. The molecule has 2 N–H and O–H groups in total. The summed E-state index contributed by atoms with van der Waals surface area (Å²) in [5, 5.41) is 5.68. The van der Waals surface area contributed by atoms with Crippen LogP contribution in [0.25, 0.3) is 0 Å². The van der Waals surface area contributed by atoms with Crippen molar-refractivity contribution in [2.45, 2.75) is 6.10 Å². The highest BCUT2D eigenvalue weighted by Gasteiger charge is 2.23. The molecule has 1 saturated heterocycles. The molecule has 2 aliphatic rings. The number of hydrogen-bond donors (Lipinski definition) is 2. The summed E-state index contributed by atoms with van der Waals surface area (Å²) < 4.78 is 24.5. The monoisotopic (exact) mass is 442 g/mol. The predicted molar refractivity (Wildman–Crippen MR) is 117 cm³/mol. The van der Waals surface area contributed by atoms with Crippen molar-refractivity contribution in [3.63, 3.8) is 0 Å². The van der Waals surface area contributed by atoms with Crippen LogP contribution in [0, 0.1) is 5.82 Å². The number of nitrogens with zero attached hydrogens (tertiary/aromatic N) is 2. The zero-order valence-corrected chi connectivity index (χ0v) is 17.8. The molecule has 2 aliphatic heterocycles. The van der Waals surface area contributed by atoms with Gasteiger partial charge in [0.15, 0.2) is 11.5 Å². The van der Waals surface area contributed by atoms with Crippen LogP contribution in [-0.2, 0) is 9.59 Å². The molecule has 0 aromatic heterocycles. The number of ether oxygens (including phenoxy) is 2. The number of carbonyl (C=O) groups excluding carboxylic acids is 2. The fourth-order valence-electron chi connectivity index (χ4n) is 3.69. The molecular formula is C23H27FN4O4. The zero-order valence-electron chi connectivity index (χ0n) is 17.8. The molecule has 1 atom stereocenters. The summed E-state index contributed by atoms with van der Waals surface area (Å²) in [6, 6.07) is 13.2. The molecule has 0 unspecified atom stereocenters. The Bertz CT molecular complexity index is 932. The number of para-hydroxylation sites is 2. The Morgan fingerprint density at radius 3 is 2.22 bits per heavy atom. The second-order valence-electron chi connectivity index (χ2n) is 7.91. The van der Waals surface area contributed by atoms with Gasteiger partial charge in [-0.05, 0) is 36.4 Å². The van der Waals surface area contributed by atoms with Gasteiger partial charge in [0.05, 0.1) is 19.6 Å². The van der Waals surface area contributed by atoms with E-state index in [2.05, 4.69) is 15.5 Å². The molecule has 4 rings (SSSR count). The number of benzene rings is 2. The van der Waals surface area contributed by atoms with Gasteiger partial charge in [-0.3, -0.25) is 19.4 Å². The van der Waals surface area contributed by atoms with E-state index in [1.54, 1.807) is 0 Å². The maximum atomic E-state index is 13.0. The molecule has 0 radical (unpaired) electrons. The summed E-state index contributed by atoms with van der Waals surface area (Å²) in [6.07, 6.45) is -0.217. The van der Waals surface area contributed by atoms with Crippen LogP contribution in [0.4, 0.5) is 10.1 Å². The second kappa shape index (κ2) is 10.4. The van der Waals surface area contributed by atoms with Gasteiger partial charge in [0, 0.05) is 31.9 Å². The zero-order chi connectivity index (χ0) is 22.3. The van der Waals surface area contributed by atoms with E-state index in [0.717, 1.165) is 5.75 Å². The third-order valence-electron chi connectivity index (χ3n) is 5.42. The van der Waals surface area contributed by atoms with Crippen LogP contribution in [0.2, 0.25) is 0 Å². The number of fused-ring (bicyclic) bond motifs is 1. The first-order valence-corrected chi connectivity index (χ1v) is 10.7. The first kappa shape index (κ1) is 22.0. The summed E-state index contributed by atoms with van der Waals surface area (Å²) >= 11 is 0. The molecular weight excluding hydrogens is 415 g/mol. The number of anilines is 1. The van der Waals surface area contributed by atoms with Crippen LogP contribution in [0.15, 0.2) is 48.5 Å². The molecule has 2 aromatic rings. The Morgan fingerprint density at radius 2 is 1.53 bits per heavy atom. The number of nitrogens with one attached hydrogen (secondary N) is 2. The van der Waals surface area contributed by atoms with Crippen LogP contribution < -0.4 is 20.1 Å². The molecule has 0 bridgehead atoms. The SMILES string of the molecule is O=C(CN1CCN(CC(=O)Nc2ccc(F)cc2)CC1)NC[C@H]1COc2ccccc2O1. The van der Waals surface area contributed by atoms with Crippen LogP contribution in [0.3, 0.4) is 0 Å². The van der Waals surface area contributed by atoms with E-state index < -0.39 is 0 Å². The Morgan fingerprint density at radius 1 is 0.906 bits per heavy atom. The van der Waals surface area contributed by atoms with Gasteiger partial charge in [-0.1, -0.05) is 12.1 Å². The predicted octanol–water partition coefficient (Wildman–Crippen LogP) is 1.34. The maximum Gasteiger partial charge on any atom is 0.238 e. The minimum Gasteiger partial charge on any atom is -0.486 e. The highest BCUT2D eigenvalue weighted by molar-refractivity contribution is 5.92. The molecule has 2 heterocycles. The van der Waals surface area contributed by atoms with Crippen LogP contribution >= 0.6 is 0 Å². The number of rotatable bonds is 7. The van der Waals surface area contributed by atoms with Crippen LogP contribution in [0.5, 0.6) is 11.5 Å². The van der Waals surface area contributed by atoms with Gasteiger partial charge < -0.3 is 20.1 Å². The van der Waals surface area contributed by atoms with Crippen molar-refractivity contribution in [3.8, 4) is 11.5 Å². The van der Waals surface area contributed by atoms with E-state index >= 15 is 0 Å². The van der Waals surface area contributed by atoms with Gasteiger partial charge in [-0.25, -0.2) is 4.39 Å². The summed E-state index contributed by atoms with van der Waals surface area (Å²) in [4.78, 5) is 28.6. The highest BCUT2D eigenvalue weighted by Crippen LogP contribution is 2.30. The molecule has 8 nitrogen and oxygen atoms in total. The Kier molecular flexibility index (Phi) is 7.18. The molecule has 0 spiro atoms. The lowest BCUT2D eigenvalue weighted by Gasteiger charge is -2.34. The third kappa shape index (κ3) is 6.18.